The van der Waals surface area contributed by atoms with Crippen LogP contribution in [0.15, 0.2) is 49.3 Å². The molecule has 0 aliphatic carbocycles. The van der Waals surface area contributed by atoms with Crippen LogP contribution >= 0.6 is 11.6 Å². The standard InChI is InChI=1S/C26H24ClFN4O/c1-4-19(33)12-18-13-20-23(14-17(18)8-9-26(2)10-11-32(3)15-26)29-16-30-25(20)31-22-7-5-6-21(27)24(22)28/h4-7,13-14,16H,1,10-12,15H2,2-3H3,(H,29,30,31)/t26-/m1/s1. The van der Waals surface area contributed by atoms with Gasteiger partial charge < -0.3 is 10.2 Å². The molecule has 1 atom stereocenters. The summed E-state index contributed by atoms with van der Waals surface area (Å²) in [4.78, 5) is 23.1. The summed E-state index contributed by atoms with van der Waals surface area (Å²) in [5.41, 5.74) is 2.23. The molecule has 5 nitrogen and oxygen atoms in total. The highest BCUT2D eigenvalue weighted by Crippen LogP contribution is 2.31. The van der Waals surface area contributed by atoms with E-state index in [1.807, 2.05) is 12.1 Å². The first kappa shape index (κ1) is 22.9. The summed E-state index contributed by atoms with van der Waals surface area (Å²) < 4.78 is 14.4. The van der Waals surface area contributed by atoms with Crippen LogP contribution in [0.2, 0.25) is 5.02 Å². The predicted octanol–water partition coefficient (Wildman–Crippen LogP) is 5.16. The number of nitrogens with one attached hydrogen (secondary N) is 1. The van der Waals surface area contributed by atoms with Crippen molar-refractivity contribution in [2.45, 2.75) is 19.8 Å². The van der Waals surface area contributed by atoms with Crippen LogP contribution in [0.25, 0.3) is 10.9 Å². The molecule has 0 radical (unpaired) electrons. The Kier molecular flexibility index (Phi) is 6.46. The fourth-order valence-electron chi connectivity index (χ4n) is 4.01. The van der Waals surface area contributed by atoms with Crippen LogP contribution < -0.4 is 5.32 Å². The Morgan fingerprint density at radius 3 is 2.94 bits per heavy atom. The third-order valence-electron chi connectivity index (χ3n) is 5.82. The van der Waals surface area contributed by atoms with Crippen LogP contribution in [0.5, 0.6) is 0 Å². The molecular weight excluding hydrogens is 439 g/mol. The van der Waals surface area contributed by atoms with Crippen LogP contribution in [0.4, 0.5) is 15.9 Å². The summed E-state index contributed by atoms with van der Waals surface area (Å²) in [5, 5.41) is 3.67. The number of hydrogen-bond donors (Lipinski definition) is 1. The number of fused-ring (bicyclic) bond motifs is 1. The zero-order valence-electron chi connectivity index (χ0n) is 18.6. The van der Waals surface area contributed by atoms with Crippen molar-refractivity contribution in [3.63, 3.8) is 0 Å². The van der Waals surface area contributed by atoms with Crippen molar-refractivity contribution >= 4 is 39.8 Å². The maximum atomic E-state index is 14.4. The first-order valence-electron chi connectivity index (χ1n) is 10.6. The Morgan fingerprint density at radius 2 is 2.21 bits per heavy atom. The maximum Gasteiger partial charge on any atom is 0.165 e. The number of halogens is 2. The van der Waals surface area contributed by atoms with Gasteiger partial charge in [0.25, 0.3) is 0 Å². The highest BCUT2D eigenvalue weighted by atomic mass is 35.5. The zero-order valence-corrected chi connectivity index (χ0v) is 19.3. The van der Waals surface area contributed by atoms with E-state index in [1.54, 1.807) is 12.1 Å². The summed E-state index contributed by atoms with van der Waals surface area (Å²) in [6.07, 6.45) is 3.86. The molecule has 4 rings (SSSR count). The minimum absolute atomic E-state index is 0.0132. The highest BCUT2D eigenvalue weighted by Gasteiger charge is 2.30. The van der Waals surface area contributed by atoms with E-state index in [2.05, 4.69) is 52.6 Å². The molecule has 0 unspecified atom stereocenters. The number of likely N-dealkylation sites (tertiary alicyclic amines) is 1. The van der Waals surface area contributed by atoms with E-state index in [0.717, 1.165) is 30.6 Å². The summed E-state index contributed by atoms with van der Waals surface area (Å²) in [6.45, 7) is 7.65. The van der Waals surface area contributed by atoms with Crippen LogP contribution in [-0.4, -0.2) is 40.8 Å². The summed E-state index contributed by atoms with van der Waals surface area (Å²) in [5.74, 6) is 6.45. The molecule has 33 heavy (non-hydrogen) atoms. The number of benzene rings is 2. The Hall–Kier alpha value is -3.27. The maximum absolute atomic E-state index is 14.4. The first-order chi connectivity index (χ1) is 15.8. The molecule has 1 N–H and O–H groups in total. The third-order valence-corrected chi connectivity index (χ3v) is 6.11. The second-order valence-electron chi connectivity index (χ2n) is 8.62. The van der Waals surface area contributed by atoms with Gasteiger partial charge in [-0.3, -0.25) is 4.79 Å². The molecule has 1 saturated heterocycles. The molecule has 1 aliphatic rings. The van der Waals surface area contributed by atoms with Crippen LogP contribution in [0, 0.1) is 23.1 Å². The molecule has 2 aromatic carbocycles. The van der Waals surface area contributed by atoms with Gasteiger partial charge in [-0.25, -0.2) is 14.4 Å². The van der Waals surface area contributed by atoms with E-state index in [-0.39, 0.29) is 28.3 Å². The number of allylic oxidation sites excluding steroid dienone is 1. The van der Waals surface area contributed by atoms with Crippen molar-refractivity contribution in [1.82, 2.24) is 14.9 Å². The second kappa shape index (κ2) is 9.30. The van der Waals surface area contributed by atoms with Gasteiger partial charge >= 0.3 is 0 Å². The molecule has 7 heteroatoms. The molecule has 1 aliphatic heterocycles. The first-order valence-corrected chi connectivity index (χ1v) is 11.0. The fourth-order valence-corrected chi connectivity index (χ4v) is 4.18. The molecule has 0 amide bonds. The number of carbonyl (C=O) groups excluding carboxylic acids is 1. The number of nitrogens with zero attached hydrogens (tertiary/aromatic N) is 3. The van der Waals surface area contributed by atoms with Gasteiger partial charge in [0, 0.05) is 29.3 Å². The van der Waals surface area contributed by atoms with Gasteiger partial charge in [-0.05, 0) is 62.8 Å². The van der Waals surface area contributed by atoms with Gasteiger partial charge in [0.05, 0.1) is 16.2 Å². The lowest BCUT2D eigenvalue weighted by Crippen LogP contribution is -2.20. The number of aromatic nitrogens is 2. The quantitative estimate of drug-likeness (QED) is 0.419. The van der Waals surface area contributed by atoms with Gasteiger partial charge in [0.1, 0.15) is 12.1 Å². The summed E-state index contributed by atoms with van der Waals surface area (Å²) in [7, 11) is 2.09. The third kappa shape index (κ3) is 5.05. The zero-order chi connectivity index (χ0) is 23.6. The average Bonchev–Trinajstić information content (AvgIpc) is 3.14. The van der Waals surface area contributed by atoms with E-state index >= 15 is 0 Å². The van der Waals surface area contributed by atoms with E-state index in [1.165, 1.54) is 18.5 Å². The normalized spacial score (nSPS) is 18.1. The number of hydrogen-bond acceptors (Lipinski definition) is 5. The Labute approximate surface area is 197 Å². The summed E-state index contributed by atoms with van der Waals surface area (Å²) >= 11 is 5.91. The second-order valence-corrected chi connectivity index (χ2v) is 9.03. The molecule has 2 heterocycles. The number of ketones is 1. The fraction of sp³-hybridized carbons (Fsp3) is 0.269. The van der Waals surface area contributed by atoms with E-state index in [4.69, 9.17) is 11.6 Å². The van der Waals surface area contributed by atoms with Gasteiger partial charge in [0.2, 0.25) is 0 Å². The molecule has 0 saturated carbocycles. The lowest BCUT2D eigenvalue weighted by atomic mass is 9.89. The number of carbonyl (C=O) groups is 1. The molecule has 3 aromatic rings. The van der Waals surface area contributed by atoms with Crippen LogP contribution in [-0.2, 0) is 11.2 Å². The average molecular weight is 463 g/mol. The molecule has 0 spiro atoms. The predicted molar refractivity (Wildman–Crippen MR) is 130 cm³/mol. The lowest BCUT2D eigenvalue weighted by molar-refractivity contribution is -0.114. The van der Waals surface area contributed by atoms with Crippen LogP contribution in [0.1, 0.15) is 24.5 Å². The topological polar surface area (TPSA) is 58.1 Å². The van der Waals surface area contributed by atoms with Gasteiger partial charge in [-0.2, -0.15) is 0 Å². The minimum Gasteiger partial charge on any atom is -0.337 e. The van der Waals surface area contributed by atoms with Crippen molar-refractivity contribution in [3.05, 3.63) is 71.3 Å². The van der Waals surface area contributed by atoms with Crippen molar-refractivity contribution in [2.75, 3.05) is 25.5 Å². The van der Waals surface area contributed by atoms with Crippen molar-refractivity contribution in [3.8, 4) is 11.8 Å². The van der Waals surface area contributed by atoms with Gasteiger partial charge in [-0.15, -0.1) is 0 Å². The highest BCUT2D eigenvalue weighted by molar-refractivity contribution is 6.31. The van der Waals surface area contributed by atoms with Crippen molar-refractivity contribution in [1.29, 1.82) is 0 Å². The minimum atomic E-state index is -0.565. The smallest absolute Gasteiger partial charge is 0.165 e. The molecular formula is C26H24ClFN4O. The van der Waals surface area contributed by atoms with Crippen LogP contribution in [0.3, 0.4) is 0 Å². The van der Waals surface area contributed by atoms with Gasteiger partial charge in [0.15, 0.2) is 11.6 Å². The Balaban J connectivity index is 1.79. The van der Waals surface area contributed by atoms with Crippen molar-refractivity contribution in [2.24, 2.45) is 5.41 Å². The van der Waals surface area contributed by atoms with Gasteiger partial charge in [-0.1, -0.05) is 36.1 Å². The Bertz CT molecular complexity index is 1310. The van der Waals surface area contributed by atoms with E-state index in [9.17, 15) is 9.18 Å². The number of anilines is 2. The largest absolute Gasteiger partial charge is 0.337 e. The van der Waals surface area contributed by atoms with Crippen molar-refractivity contribution < 1.29 is 9.18 Å². The molecule has 1 aromatic heterocycles. The van der Waals surface area contributed by atoms with E-state index in [0.29, 0.717) is 16.7 Å². The summed E-state index contributed by atoms with van der Waals surface area (Å²) in [6, 6.07) is 8.41. The molecule has 0 bridgehead atoms. The monoisotopic (exact) mass is 462 g/mol. The molecule has 1 fully saturated rings. The number of rotatable bonds is 5. The molecule has 168 valence electrons. The van der Waals surface area contributed by atoms with E-state index < -0.39 is 5.82 Å². The lowest BCUT2D eigenvalue weighted by Gasteiger charge is -2.16. The SMILES string of the molecule is C=CC(=O)Cc1cc2c(Nc3cccc(Cl)c3F)ncnc2cc1C#C[C@]1(C)CCN(C)C1. The Morgan fingerprint density at radius 1 is 1.39 bits per heavy atom.